The number of nitrogens with two attached hydrogens (primary N) is 1. The number of nitrogens with zero attached hydrogens (tertiary/aromatic N) is 2. The highest BCUT2D eigenvalue weighted by Gasteiger charge is 2.32. The van der Waals surface area contributed by atoms with Gasteiger partial charge in [-0.1, -0.05) is 12.1 Å². The number of nitrogens with one attached hydrogen (secondary N) is 3. The Hall–Kier alpha value is -4.48. The zero-order valence-corrected chi connectivity index (χ0v) is 18.8. The SMILES string of the molecule is Nc1nc2[nH]cc(CCc3ccc(C(=O)NCCCC(=O)ON4C(=O)CCC4=O)cc3)c2c(=O)[nH]1. The van der Waals surface area contributed by atoms with Crippen molar-refractivity contribution in [2.75, 3.05) is 12.3 Å². The van der Waals surface area contributed by atoms with Crippen molar-refractivity contribution in [2.24, 2.45) is 0 Å². The predicted molar refractivity (Wildman–Crippen MR) is 124 cm³/mol. The number of amides is 3. The van der Waals surface area contributed by atoms with Crippen molar-refractivity contribution in [2.45, 2.75) is 38.5 Å². The lowest BCUT2D eigenvalue weighted by molar-refractivity contribution is -0.197. The van der Waals surface area contributed by atoms with Gasteiger partial charge in [-0.05, 0) is 42.5 Å². The average molecular weight is 480 g/mol. The van der Waals surface area contributed by atoms with Crippen LogP contribution in [0.25, 0.3) is 11.0 Å². The Morgan fingerprint density at radius 1 is 1.09 bits per heavy atom. The van der Waals surface area contributed by atoms with Crippen molar-refractivity contribution in [1.82, 2.24) is 25.3 Å². The molecule has 1 aromatic carbocycles. The van der Waals surface area contributed by atoms with Crippen molar-refractivity contribution in [3.05, 3.63) is 57.5 Å². The first-order valence-electron chi connectivity index (χ1n) is 11.1. The van der Waals surface area contributed by atoms with Crippen LogP contribution in [0, 0.1) is 0 Å². The summed E-state index contributed by atoms with van der Waals surface area (Å²) in [6, 6.07) is 7.08. The number of hydroxylamine groups is 2. The summed E-state index contributed by atoms with van der Waals surface area (Å²) in [5.41, 5.74) is 8.00. The van der Waals surface area contributed by atoms with Gasteiger partial charge < -0.3 is 20.9 Å². The van der Waals surface area contributed by atoms with Crippen LogP contribution in [0.1, 0.15) is 47.2 Å². The maximum absolute atomic E-state index is 12.3. The minimum absolute atomic E-state index is 0.0385. The van der Waals surface area contributed by atoms with Crippen LogP contribution < -0.4 is 16.6 Å². The number of anilines is 1. The number of H-pyrrole nitrogens is 2. The molecule has 0 bridgehead atoms. The minimum Gasteiger partial charge on any atom is -0.369 e. The maximum Gasteiger partial charge on any atom is 0.333 e. The molecular formula is C23H24N6O6. The topological polar surface area (TPSA) is 180 Å². The molecule has 3 aromatic rings. The predicted octanol–water partition coefficient (Wildman–Crippen LogP) is 0.736. The van der Waals surface area contributed by atoms with Gasteiger partial charge in [0, 0.05) is 37.6 Å². The molecule has 1 saturated heterocycles. The number of nitrogen functional groups attached to an aromatic ring is 1. The highest BCUT2D eigenvalue weighted by molar-refractivity contribution is 6.01. The fraction of sp³-hybridized carbons (Fsp3) is 0.304. The van der Waals surface area contributed by atoms with Crippen molar-refractivity contribution in [3.63, 3.8) is 0 Å². The summed E-state index contributed by atoms with van der Waals surface area (Å²) < 4.78 is 0. The molecular weight excluding hydrogens is 456 g/mol. The van der Waals surface area contributed by atoms with E-state index in [2.05, 4.69) is 20.3 Å². The Balaban J connectivity index is 1.22. The summed E-state index contributed by atoms with van der Waals surface area (Å²) in [5, 5.41) is 3.71. The molecule has 0 unspecified atom stereocenters. The first-order chi connectivity index (χ1) is 16.8. The van der Waals surface area contributed by atoms with Crippen LogP contribution in [0.15, 0.2) is 35.3 Å². The van der Waals surface area contributed by atoms with Crippen LogP contribution >= 0.6 is 0 Å². The lowest BCUT2D eigenvalue weighted by Gasteiger charge is -2.12. The summed E-state index contributed by atoms with van der Waals surface area (Å²) in [6.07, 6.45) is 3.32. The van der Waals surface area contributed by atoms with Crippen molar-refractivity contribution >= 4 is 40.7 Å². The highest BCUT2D eigenvalue weighted by atomic mass is 16.7. The molecule has 0 spiro atoms. The van der Waals surface area contributed by atoms with Crippen LogP contribution in [0.4, 0.5) is 5.95 Å². The number of rotatable bonds is 9. The van der Waals surface area contributed by atoms with E-state index in [1.165, 1.54) is 0 Å². The molecule has 1 aliphatic heterocycles. The molecule has 182 valence electrons. The number of hydrogen-bond acceptors (Lipinski definition) is 8. The quantitative estimate of drug-likeness (QED) is 0.255. The van der Waals surface area contributed by atoms with E-state index in [-0.39, 0.29) is 43.2 Å². The van der Waals surface area contributed by atoms with E-state index in [1.54, 1.807) is 18.3 Å². The molecule has 1 aliphatic rings. The molecule has 12 heteroatoms. The van der Waals surface area contributed by atoms with E-state index in [0.29, 0.717) is 40.9 Å². The average Bonchev–Trinajstić information content (AvgIpc) is 3.38. The molecule has 0 atom stereocenters. The fourth-order valence-corrected chi connectivity index (χ4v) is 3.76. The van der Waals surface area contributed by atoms with Crippen LogP contribution in [0.3, 0.4) is 0 Å². The molecule has 0 aliphatic carbocycles. The molecule has 3 amide bonds. The first kappa shape index (κ1) is 23.7. The summed E-state index contributed by atoms with van der Waals surface area (Å²) in [4.78, 5) is 73.5. The third-order valence-electron chi connectivity index (χ3n) is 5.58. The molecule has 0 radical (unpaired) electrons. The number of aryl methyl sites for hydroxylation is 2. The Kier molecular flexibility index (Phi) is 6.90. The molecule has 35 heavy (non-hydrogen) atoms. The fourth-order valence-electron chi connectivity index (χ4n) is 3.76. The lowest BCUT2D eigenvalue weighted by Crippen LogP contribution is -2.32. The summed E-state index contributed by atoms with van der Waals surface area (Å²) >= 11 is 0. The number of aromatic nitrogens is 3. The second kappa shape index (κ2) is 10.2. The molecule has 4 rings (SSSR count). The number of carbonyl (C=O) groups excluding carboxylic acids is 4. The first-order valence-corrected chi connectivity index (χ1v) is 11.1. The standard InChI is InChI=1S/C23H24N6O6/c24-23-27-20-19(22(34)28-23)15(12-26-20)8-5-13-3-6-14(7-4-13)21(33)25-11-1-2-18(32)35-29-16(30)9-10-17(29)31/h3-4,6-7,12H,1-2,5,8-11H2,(H,25,33)(H4,24,26,27,28,34). The van der Waals surface area contributed by atoms with E-state index < -0.39 is 17.8 Å². The summed E-state index contributed by atoms with van der Waals surface area (Å²) in [5.74, 6) is -2.00. The smallest absolute Gasteiger partial charge is 0.333 e. The van der Waals surface area contributed by atoms with Gasteiger partial charge in [-0.25, -0.2) is 4.79 Å². The van der Waals surface area contributed by atoms with E-state index in [1.807, 2.05) is 12.1 Å². The number of fused-ring (bicyclic) bond motifs is 1. The molecule has 12 nitrogen and oxygen atoms in total. The van der Waals surface area contributed by atoms with Crippen LogP contribution in [0.5, 0.6) is 0 Å². The van der Waals surface area contributed by atoms with Crippen molar-refractivity contribution in [3.8, 4) is 0 Å². The van der Waals surface area contributed by atoms with E-state index in [9.17, 15) is 24.0 Å². The molecule has 5 N–H and O–H groups in total. The van der Waals surface area contributed by atoms with Crippen LogP contribution in [-0.2, 0) is 32.1 Å². The van der Waals surface area contributed by atoms with Crippen molar-refractivity contribution in [1.29, 1.82) is 0 Å². The van der Waals surface area contributed by atoms with Gasteiger partial charge in [0.15, 0.2) is 0 Å². The van der Waals surface area contributed by atoms with Crippen molar-refractivity contribution < 1.29 is 24.0 Å². The monoisotopic (exact) mass is 480 g/mol. The number of aromatic amines is 2. The Morgan fingerprint density at radius 2 is 1.80 bits per heavy atom. The van der Waals surface area contributed by atoms with Gasteiger partial charge in [-0.2, -0.15) is 4.98 Å². The van der Waals surface area contributed by atoms with Gasteiger partial charge in [0.1, 0.15) is 5.65 Å². The summed E-state index contributed by atoms with van der Waals surface area (Å²) in [6.45, 7) is 0.227. The van der Waals surface area contributed by atoms with E-state index in [0.717, 1.165) is 11.1 Å². The third kappa shape index (κ3) is 5.54. The van der Waals surface area contributed by atoms with E-state index in [4.69, 9.17) is 10.6 Å². The molecule has 0 saturated carbocycles. The third-order valence-corrected chi connectivity index (χ3v) is 5.58. The normalized spacial score (nSPS) is 13.4. The second-order valence-corrected chi connectivity index (χ2v) is 8.09. The largest absolute Gasteiger partial charge is 0.369 e. The number of imide groups is 1. The zero-order chi connectivity index (χ0) is 24.9. The van der Waals surface area contributed by atoms with Gasteiger partial charge in [0.05, 0.1) is 5.39 Å². The van der Waals surface area contributed by atoms with Gasteiger partial charge >= 0.3 is 5.97 Å². The minimum atomic E-state index is -0.705. The Bertz CT molecular complexity index is 1330. The molecule has 2 aromatic heterocycles. The van der Waals surface area contributed by atoms with Gasteiger partial charge in [-0.3, -0.25) is 24.2 Å². The molecule has 3 heterocycles. The number of benzene rings is 1. The van der Waals surface area contributed by atoms with Gasteiger partial charge in [0.25, 0.3) is 23.3 Å². The Morgan fingerprint density at radius 3 is 2.51 bits per heavy atom. The zero-order valence-electron chi connectivity index (χ0n) is 18.8. The van der Waals surface area contributed by atoms with Gasteiger partial charge in [-0.15, -0.1) is 5.06 Å². The second-order valence-electron chi connectivity index (χ2n) is 8.09. The maximum atomic E-state index is 12.3. The van der Waals surface area contributed by atoms with Crippen LogP contribution in [-0.4, -0.2) is 50.3 Å². The number of carbonyl (C=O) groups is 4. The summed E-state index contributed by atoms with van der Waals surface area (Å²) in [7, 11) is 0. The molecule has 1 fully saturated rings. The van der Waals surface area contributed by atoms with Gasteiger partial charge in [0.2, 0.25) is 5.95 Å². The lowest BCUT2D eigenvalue weighted by atomic mass is 10.0. The number of hydrogen-bond donors (Lipinski definition) is 4. The van der Waals surface area contributed by atoms with Crippen LogP contribution in [0.2, 0.25) is 0 Å². The Labute approximate surface area is 198 Å². The highest BCUT2D eigenvalue weighted by Crippen LogP contribution is 2.16. The van der Waals surface area contributed by atoms with E-state index >= 15 is 0 Å².